The van der Waals surface area contributed by atoms with Gasteiger partial charge in [-0.15, -0.1) is 0 Å². The predicted molar refractivity (Wildman–Crippen MR) is 72.4 cm³/mol. The number of amides is 1. The van der Waals surface area contributed by atoms with Gasteiger partial charge in [-0.1, -0.05) is 20.3 Å². The smallest absolute Gasteiger partial charge is 0.253 e. The summed E-state index contributed by atoms with van der Waals surface area (Å²) in [5.41, 5.74) is 1.76. The molecule has 3 nitrogen and oxygen atoms in total. The highest BCUT2D eigenvalue weighted by atomic mass is 16.2. The molecule has 1 aromatic carbocycles. The van der Waals surface area contributed by atoms with Gasteiger partial charge in [0.25, 0.3) is 5.91 Å². The third-order valence-electron chi connectivity index (χ3n) is 3.05. The van der Waals surface area contributed by atoms with Crippen LogP contribution in [0.2, 0.25) is 0 Å². The van der Waals surface area contributed by atoms with E-state index in [2.05, 4.69) is 19.2 Å². The van der Waals surface area contributed by atoms with E-state index in [0.717, 1.165) is 24.2 Å². The summed E-state index contributed by atoms with van der Waals surface area (Å²) >= 11 is 0. The van der Waals surface area contributed by atoms with Crippen LogP contribution < -0.4 is 5.32 Å². The van der Waals surface area contributed by atoms with Crippen molar-refractivity contribution in [2.45, 2.75) is 20.3 Å². The molecule has 0 aliphatic rings. The first kappa shape index (κ1) is 13.6. The molecule has 17 heavy (non-hydrogen) atoms. The Morgan fingerprint density at radius 3 is 2.41 bits per heavy atom. The van der Waals surface area contributed by atoms with Crippen LogP contribution in [0.3, 0.4) is 0 Å². The molecule has 3 heteroatoms. The normalized spacial score (nSPS) is 12.0. The first-order valence-electron chi connectivity index (χ1n) is 6.11. The zero-order valence-electron chi connectivity index (χ0n) is 11.2. The molecular weight excluding hydrogens is 212 g/mol. The van der Waals surface area contributed by atoms with E-state index < -0.39 is 0 Å². The van der Waals surface area contributed by atoms with E-state index in [1.54, 1.807) is 4.90 Å². The van der Waals surface area contributed by atoms with Crippen molar-refractivity contribution in [1.82, 2.24) is 4.90 Å². The van der Waals surface area contributed by atoms with E-state index in [9.17, 15) is 4.79 Å². The Kier molecular flexibility index (Phi) is 5.01. The van der Waals surface area contributed by atoms with Gasteiger partial charge in [-0.3, -0.25) is 4.79 Å². The van der Waals surface area contributed by atoms with Gasteiger partial charge in [-0.2, -0.15) is 0 Å². The van der Waals surface area contributed by atoms with E-state index in [0.29, 0.717) is 5.92 Å². The number of anilines is 1. The Labute approximate surface area is 104 Å². The monoisotopic (exact) mass is 234 g/mol. The first-order valence-corrected chi connectivity index (χ1v) is 6.11. The summed E-state index contributed by atoms with van der Waals surface area (Å²) in [7, 11) is 3.73. The van der Waals surface area contributed by atoms with Gasteiger partial charge in [0, 0.05) is 31.9 Å². The van der Waals surface area contributed by atoms with Crippen molar-refractivity contribution < 1.29 is 4.79 Å². The number of rotatable bonds is 5. The van der Waals surface area contributed by atoms with Gasteiger partial charge in [0.2, 0.25) is 0 Å². The zero-order valence-corrected chi connectivity index (χ0v) is 11.2. The van der Waals surface area contributed by atoms with Crippen LogP contribution >= 0.6 is 0 Å². The highest BCUT2D eigenvalue weighted by molar-refractivity contribution is 5.94. The number of nitrogens with one attached hydrogen (secondary N) is 1. The van der Waals surface area contributed by atoms with Crippen LogP contribution in [-0.2, 0) is 0 Å². The lowest BCUT2D eigenvalue weighted by Gasteiger charge is -2.20. The maximum Gasteiger partial charge on any atom is 0.253 e. The number of hydrogen-bond donors (Lipinski definition) is 1. The topological polar surface area (TPSA) is 32.3 Å². The summed E-state index contributed by atoms with van der Waals surface area (Å²) in [5.74, 6) is 0.633. The molecule has 0 saturated heterocycles. The fourth-order valence-corrected chi connectivity index (χ4v) is 1.68. The molecular formula is C14H22N2O. The van der Waals surface area contributed by atoms with Gasteiger partial charge in [0.05, 0.1) is 0 Å². The van der Waals surface area contributed by atoms with Crippen LogP contribution in [0, 0.1) is 5.92 Å². The van der Waals surface area contributed by atoms with E-state index in [1.807, 2.05) is 38.4 Å². The van der Waals surface area contributed by atoms with Crippen LogP contribution in [-0.4, -0.2) is 31.4 Å². The van der Waals surface area contributed by atoms with Crippen molar-refractivity contribution in [2.24, 2.45) is 5.92 Å². The minimum atomic E-state index is 0.0907. The number of carbonyl (C=O) groups is 1. The molecule has 0 spiro atoms. The maximum absolute atomic E-state index is 12.1. The Bertz CT molecular complexity index is 359. The molecule has 1 amide bonds. The average Bonchev–Trinajstić information content (AvgIpc) is 2.37. The molecule has 0 saturated carbocycles. The second-order valence-corrected chi connectivity index (χ2v) is 4.53. The van der Waals surface area contributed by atoms with E-state index in [1.165, 1.54) is 0 Å². The van der Waals surface area contributed by atoms with Crippen molar-refractivity contribution in [3.05, 3.63) is 29.8 Å². The largest absolute Gasteiger partial charge is 0.388 e. The Morgan fingerprint density at radius 1 is 1.35 bits per heavy atom. The second-order valence-electron chi connectivity index (χ2n) is 4.53. The predicted octanol–water partition coefficient (Wildman–Crippen LogP) is 2.85. The van der Waals surface area contributed by atoms with Crippen LogP contribution in [0.4, 0.5) is 5.69 Å². The number of carbonyl (C=O) groups excluding carboxylic acids is 1. The standard InChI is InChI=1S/C14H22N2O/c1-5-11(2)10-16(4)14(17)12-6-8-13(15-3)9-7-12/h6-9,11,15H,5,10H2,1-4H3. The van der Waals surface area contributed by atoms with Gasteiger partial charge in [-0.05, 0) is 30.2 Å². The highest BCUT2D eigenvalue weighted by Crippen LogP contribution is 2.11. The molecule has 1 unspecified atom stereocenters. The molecule has 1 aromatic rings. The maximum atomic E-state index is 12.1. The van der Waals surface area contributed by atoms with Crippen LogP contribution in [0.5, 0.6) is 0 Å². The van der Waals surface area contributed by atoms with E-state index in [4.69, 9.17) is 0 Å². The van der Waals surface area contributed by atoms with Crippen molar-refractivity contribution in [3.8, 4) is 0 Å². The van der Waals surface area contributed by atoms with Gasteiger partial charge in [-0.25, -0.2) is 0 Å². The third kappa shape index (κ3) is 3.77. The quantitative estimate of drug-likeness (QED) is 0.849. The molecule has 94 valence electrons. The molecule has 0 aliphatic heterocycles. The number of benzene rings is 1. The Morgan fingerprint density at radius 2 is 1.94 bits per heavy atom. The lowest BCUT2D eigenvalue weighted by molar-refractivity contribution is 0.0775. The van der Waals surface area contributed by atoms with Crippen molar-refractivity contribution in [3.63, 3.8) is 0 Å². The summed E-state index contributed by atoms with van der Waals surface area (Å²) in [4.78, 5) is 13.9. The summed E-state index contributed by atoms with van der Waals surface area (Å²) in [6.45, 7) is 5.11. The van der Waals surface area contributed by atoms with Crippen LogP contribution in [0.25, 0.3) is 0 Å². The van der Waals surface area contributed by atoms with Gasteiger partial charge in [0.1, 0.15) is 0 Å². The van der Waals surface area contributed by atoms with Gasteiger partial charge >= 0.3 is 0 Å². The highest BCUT2D eigenvalue weighted by Gasteiger charge is 2.13. The van der Waals surface area contributed by atoms with Crippen LogP contribution in [0.1, 0.15) is 30.6 Å². The summed E-state index contributed by atoms with van der Waals surface area (Å²) in [6, 6.07) is 7.57. The summed E-state index contributed by atoms with van der Waals surface area (Å²) in [6.07, 6.45) is 1.09. The lowest BCUT2D eigenvalue weighted by Crippen LogP contribution is -2.30. The zero-order chi connectivity index (χ0) is 12.8. The van der Waals surface area contributed by atoms with Gasteiger partial charge < -0.3 is 10.2 Å². The number of hydrogen-bond acceptors (Lipinski definition) is 2. The van der Waals surface area contributed by atoms with Crippen molar-refractivity contribution in [2.75, 3.05) is 26.0 Å². The SMILES string of the molecule is CCC(C)CN(C)C(=O)c1ccc(NC)cc1. The second kappa shape index (κ2) is 6.28. The Hall–Kier alpha value is -1.51. The van der Waals surface area contributed by atoms with Crippen LogP contribution in [0.15, 0.2) is 24.3 Å². The molecule has 1 N–H and O–H groups in total. The molecule has 1 rings (SSSR count). The lowest BCUT2D eigenvalue weighted by atomic mass is 10.1. The molecule has 1 atom stereocenters. The molecule has 0 fully saturated rings. The molecule has 0 bridgehead atoms. The summed E-state index contributed by atoms with van der Waals surface area (Å²) < 4.78 is 0. The molecule has 0 radical (unpaired) electrons. The van der Waals surface area contributed by atoms with Gasteiger partial charge in [0.15, 0.2) is 0 Å². The summed E-state index contributed by atoms with van der Waals surface area (Å²) in [5, 5.41) is 3.04. The average molecular weight is 234 g/mol. The van der Waals surface area contributed by atoms with E-state index in [-0.39, 0.29) is 5.91 Å². The molecule has 0 heterocycles. The number of nitrogens with zero attached hydrogens (tertiary/aromatic N) is 1. The molecule has 0 aliphatic carbocycles. The molecule has 0 aromatic heterocycles. The van der Waals surface area contributed by atoms with Crippen molar-refractivity contribution >= 4 is 11.6 Å². The third-order valence-corrected chi connectivity index (χ3v) is 3.05. The van der Waals surface area contributed by atoms with Crippen molar-refractivity contribution in [1.29, 1.82) is 0 Å². The minimum Gasteiger partial charge on any atom is -0.388 e. The fourth-order valence-electron chi connectivity index (χ4n) is 1.68. The fraction of sp³-hybridized carbons (Fsp3) is 0.500. The minimum absolute atomic E-state index is 0.0907. The Balaban J connectivity index is 2.67. The first-order chi connectivity index (χ1) is 8.08. The van der Waals surface area contributed by atoms with E-state index >= 15 is 0 Å².